The lowest BCUT2D eigenvalue weighted by Crippen LogP contribution is -2.52. The Morgan fingerprint density at radius 2 is 1.67 bits per heavy atom. The van der Waals surface area contributed by atoms with Crippen molar-refractivity contribution in [3.05, 3.63) is 83.4 Å². The van der Waals surface area contributed by atoms with Gasteiger partial charge in [-0.2, -0.15) is 13.2 Å². The Labute approximate surface area is 172 Å². The van der Waals surface area contributed by atoms with Gasteiger partial charge in [0, 0.05) is 19.1 Å². The van der Waals surface area contributed by atoms with Crippen molar-refractivity contribution in [2.24, 2.45) is 0 Å². The molecule has 0 amide bonds. The molecule has 6 heteroatoms. The first-order valence-corrected chi connectivity index (χ1v) is 9.75. The highest BCUT2D eigenvalue weighted by Gasteiger charge is 2.64. The van der Waals surface area contributed by atoms with Gasteiger partial charge in [0.25, 0.3) is 5.60 Å². The largest absolute Gasteiger partial charge is 0.459 e. The molecule has 3 aromatic rings. The lowest BCUT2D eigenvalue weighted by atomic mass is 9.86. The minimum absolute atomic E-state index is 0.299. The van der Waals surface area contributed by atoms with Crippen LogP contribution in [0.15, 0.2) is 66.7 Å². The van der Waals surface area contributed by atoms with Gasteiger partial charge in [0.1, 0.15) is 6.10 Å². The van der Waals surface area contributed by atoms with Crippen LogP contribution in [0.25, 0.3) is 10.8 Å². The number of carbonyl (C=O) groups is 1. The van der Waals surface area contributed by atoms with E-state index >= 15 is 0 Å². The van der Waals surface area contributed by atoms with Gasteiger partial charge in [0.2, 0.25) is 0 Å². The van der Waals surface area contributed by atoms with E-state index < -0.39 is 23.9 Å². The van der Waals surface area contributed by atoms with Gasteiger partial charge in [-0.15, -0.1) is 0 Å². The number of carbonyl (C=O) groups excluding carboxylic acids is 1. The molecule has 0 saturated heterocycles. The third-order valence-electron chi connectivity index (χ3n) is 5.75. The van der Waals surface area contributed by atoms with Crippen molar-refractivity contribution < 1.29 is 27.4 Å². The molecule has 3 nitrogen and oxygen atoms in total. The highest BCUT2D eigenvalue weighted by molar-refractivity contribution is 5.87. The summed E-state index contributed by atoms with van der Waals surface area (Å²) in [6.07, 6.45) is -4.16. The quantitative estimate of drug-likeness (QED) is 0.541. The molecule has 1 unspecified atom stereocenters. The second kappa shape index (κ2) is 7.76. The topological polar surface area (TPSA) is 35.5 Å². The molecule has 0 bridgehead atoms. The molecule has 1 aliphatic carbocycles. The van der Waals surface area contributed by atoms with E-state index in [2.05, 4.69) is 0 Å². The molecule has 4 rings (SSSR count). The standard InChI is InChI=1S/C24H21F3O3/c1-29-23(24(25,26)27,18-8-3-2-4-9-18)22(28)30-19-14-13-17-12-11-16-7-5-6-10-20(16)21(17)15-19/h2-12,19H,13-15H2,1H3/t19?,23-/m0/s1. The number of methoxy groups -OCH3 is 1. The lowest BCUT2D eigenvalue weighted by Gasteiger charge is -2.35. The number of benzene rings is 3. The fourth-order valence-corrected chi connectivity index (χ4v) is 4.22. The van der Waals surface area contributed by atoms with Gasteiger partial charge in [0.05, 0.1) is 0 Å². The monoisotopic (exact) mass is 414 g/mol. The molecule has 0 fully saturated rings. The zero-order valence-electron chi connectivity index (χ0n) is 16.4. The van der Waals surface area contributed by atoms with Gasteiger partial charge >= 0.3 is 12.1 Å². The van der Waals surface area contributed by atoms with Crippen molar-refractivity contribution in [1.29, 1.82) is 0 Å². The molecule has 3 aromatic carbocycles. The summed E-state index contributed by atoms with van der Waals surface area (Å²) in [6.45, 7) is 0. The highest BCUT2D eigenvalue weighted by Crippen LogP contribution is 2.43. The molecule has 0 N–H and O–H groups in total. The summed E-state index contributed by atoms with van der Waals surface area (Å²) >= 11 is 0. The fourth-order valence-electron chi connectivity index (χ4n) is 4.22. The van der Waals surface area contributed by atoms with E-state index in [0.717, 1.165) is 29.0 Å². The van der Waals surface area contributed by atoms with Crippen LogP contribution in [0, 0.1) is 0 Å². The maximum atomic E-state index is 14.1. The van der Waals surface area contributed by atoms with Crippen molar-refractivity contribution >= 4 is 16.7 Å². The molecular formula is C24H21F3O3. The summed E-state index contributed by atoms with van der Waals surface area (Å²) in [6, 6.07) is 18.8. The van der Waals surface area contributed by atoms with Gasteiger partial charge in [-0.25, -0.2) is 4.79 Å². The molecule has 0 saturated carbocycles. The zero-order chi connectivity index (χ0) is 21.4. The minimum atomic E-state index is -4.97. The average molecular weight is 414 g/mol. The Morgan fingerprint density at radius 3 is 2.37 bits per heavy atom. The predicted octanol–water partition coefficient (Wildman–Crippen LogP) is 5.34. The third kappa shape index (κ3) is 3.35. The number of ether oxygens (including phenoxy) is 2. The van der Waals surface area contributed by atoms with Gasteiger partial charge in [-0.05, 0) is 34.7 Å². The second-order valence-electron chi connectivity index (χ2n) is 7.44. The molecule has 0 aliphatic heterocycles. The predicted molar refractivity (Wildman–Crippen MR) is 107 cm³/mol. The summed E-state index contributed by atoms with van der Waals surface area (Å²) in [5, 5.41) is 2.08. The van der Waals surface area contributed by atoms with Crippen LogP contribution in [0.1, 0.15) is 23.1 Å². The lowest BCUT2D eigenvalue weighted by molar-refractivity contribution is -0.278. The van der Waals surface area contributed by atoms with E-state index in [0.29, 0.717) is 19.3 Å². The summed E-state index contributed by atoms with van der Waals surface area (Å²) in [7, 11) is 0.880. The molecule has 0 aromatic heterocycles. The smallest absolute Gasteiger partial charge is 0.432 e. The van der Waals surface area contributed by atoms with Crippen LogP contribution in [0.3, 0.4) is 0 Å². The number of halogens is 3. The maximum absolute atomic E-state index is 14.1. The van der Waals surface area contributed by atoms with Crippen LogP contribution in [0.2, 0.25) is 0 Å². The number of esters is 1. The van der Waals surface area contributed by atoms with Crippen molar-refractivity contribution in [1.82, 2.24) is 0 Å². The number of fused-ring (bicyclic) bond motifs is 3. The third-order valence-corrected chi connectivity index (χ3v) is 5.75. The molecule has 0 radical (unpaired) electrons. The Kier molecular flexibility index (Phi) is 5.28. The van der Waals surface area contributed by atoms with Crippen molar-refractivity contribution in [2.45, 2.75) is 37.1 Å². The summed E-state index contributed by atoms with van der Waals surface area (Å²) in [5.74, 6) is -1.43. The maximum Gasteiger partial charge on any atom is 0.432 e. The van der Waals surface area contributed by atoms with Crippen LogP contribution in [-0.2, 0) is 32.7 Å². The Bertz CT molecular complexity index is 1060. The Morgan fingerprint density at radius 1 is 0.967 bits per heavy atom. The molecule has 0 spiro atoms. The summed E-state index contributed by atoms with van der Waals surface area (Å²) < 4.78 is 52.5. The van der Waals surface area contributed by atoms with Gasteiger partial charge in [0.15, 0.2) is 0 Å². The van der Waals surface area contributed by atoms with Gasteiger partial charge < -0.3 is 9.47 Å². The first-order valence-electron chi connectivity index (χ1n) is 9.75. The van der Waals surface area contributed by atoms with E-state index in [4.69, 9.17) is 9.47 Å². The Hall–Kier alpha value is -2.86. The van der Waals surface area contributed by atoms with Crippen LogP contribution in [0.5, 0.6) is 0 Å². The van der Waals surface area contributed by atoms with Crippen LogP contribution < -0.4 is 0 Å². The van der Waals surface area contributed by atoms with Gasteiger partial charge in [-0.1, -0.05) is 66.7 Å². The van der Waals surface area contributed by atoms with E-state index in [1.165, 1.54) is 24.3 Å². The zero-order valence-corrected chi connectivity index (χ0v) is 16.4. The molecule has 0 heterocycles. The minimum Gasteiger partial charge on any atom is -0.459 e. The highest BCUT2D eigenvalue weighted by atomic mass is 19.4. The summed E-state index contributed by atoms with van der Waals surface area (Å²) in [5.41, 5.74) is -1.30. The molecule has 156 valence electrons. The number of rotatable bonds is 4. The van der Waals surface area contributed by atoms with Crippen molar-refractivity contribution in [3.63, 3.8) is 0 Å². The molecule has 2 atom stereocenters. The SMILES string of the molecule is CO[C@](C(=O)OC1CCc2ccc3ccccc3c2C1)(c1ccccc1)C(F)(F)F. The number of alkyl halides is 3. The van der Waals surface area contributed by atoms with Crippen LogP contribution >= 0.6 is 0 Å². The molecule has 30 heavy (non-hydrogen) atoms. The van der Waals surface area contributed by atoms with E-state index in [1.807, 2.05) is 36.4 Å². The van der Waals surface area contributed by atoms with Crippen molar-refractivity contribution in [2.75, 3.05) is 7.11 Å². The number of hydrogen-bond donors (Lipinski definition) is 0. The second-order valence-corrected chi connectivity index (χ2v) is 7.44. The number of hydrogen-bond acceptors (Lipinski definition) is 3. The first kappa shape index (κ1) is 20.4. The van der Waals surface area contributed by atoms with E-state index in [1.54, 1.807) is 6.07 Å². The van der Waals surface area contributed by atoms with Crippen molar-refractivity contribution in [3.8, 4) is 0 Å². The summed E-state index contributed by atoms with van der Waals surface area (Å²) in [4.78, 5) is 12.9. The van der Waals surface area contributed by atoms with Gasteiger partial charge in [-0.3, -0.25) is 0 Å². The number of aryl methyl sites for hydroxylation is 1. The molecular weight excluding hydrogens is 393 g/mol. The first-order chi connectivity index (χ1) is 14.4. The Balaban J connectivity index is 1.65. The van der Waals surface area contributed by atoms with E-state index in [9.17, 15) is 18.0 Å². The van der Waals surface area contributed by atoms with Crippen LogP contribution in [-0.4, -0.2) is 25.4 Å². The van der Waals surface area contributed by atoms with E-state index in [-0.39, 0.29) is 5.56 Å². The molecule has 1 aliphatic rings. The normalized spacial score (nSPS) is 18.5. The fraction of sp³-hybridized carbons (Fsp3) is 0.292. The van der Waals surface area contributed by atoms with Crippen LogP contribution in [0.4, 0.5) is 13.2 Å². The average Bonchev–Trinajstić information content (AvgIpc) is 2.74.